The second kappa shape index (κ2) is 4.09. The molecule has 0 radical (unpaired) electrons. The van der Waals surface area contributed by atoms with Crippen LogP contribution in [0.5, 0.6) is 0 Å². The smallest absolute Gasteiger partial charge is 0.0840 e. The van der Waals surface area contributed by atoms with E-state index in [1.165, 1.54) is 10.8 Å². The molecule has 21 heavy (non-hydrogen) atoms. The van der Waals surface area contributed by atoms with Crippen molar-refractivity contribution in [2.45, 2.75) is 9.79 Å². The van der Waals surface area contributed by atoms with Crippen LogP contribution in [0, 0.1) is 0 Å². The average Bonchev–Trinajstić information content (AvgIpc) is 2.57. The predicted octanol–water partition coefficient (Wildman–Crippen LogP) is 5.52. The molecular formula is C19H11NS. The van der Waals surface area contributed by atoms with Crippen molar-refractivity contribution >= 4 is 33.3 Å². The van der Waals surface area contributed by atoms with E-state index in [0.29, 0.717) is 0 Å². The summed E-state index contributed by atoms with van der Waals surface area (Å²) >= 11 is 1.72. The molecule has 1 aromatic heterocycles. The maximum Gasteiger partial charge on any atom is 0.0840 e. The molecule has 98 valence electrons. The van der Waals surface area contributed by atoms with Gasteiger partial charge in [0.25, 0.3) is 0 Å². The Bertz CT molecular complexity index is 1120. The van der Waals surface area contributed by atoms with Gasteiger partial charge in [0.05, 0.1) is 8.44 Å². The molecular weight excluding hydrogens is 274 g/mol. The second-order valence-electron chi connectivity index (χ2n) is 5.17. The molecule has 3 aromatic carbocycles. The van der Waals surface area contributed by atoms with Crippen molar-refractivity contribution in [2.24, 2.45) is 0 Å². The minimum absolute atomic E-state index is 0.0376. The van der Waals surface area contributed by atoms with Crippen molar-refractivity contribution in [2.75, 3.05) is 0 Å². The molecule has 0 atom stereocenters. The van der Waals surface area contributed by atoms with Gasteiger partial charge in [-0.05, 0) is 40.4 Å². The lowest BCUT2D eigenvalue weighted by Crippen LogP contribution is -1.95. The molecule has 0 amide bonds. The Hall–Kier alpha value is -2.32. The van der Waals surface area contributed by atoms with Crippen molar-refractivity contribution in [1.82, 2.24) is 4.98 Å². The largest absolute Gasteiger partial charge is 0.256 e. The number of hydrogen-bond acceptors (Lipinski definition) is 2. The van der Waals surface area contributed by atoms with E-state index in [0.717, 1.165) is 31.8 Å². The fourth-order valence-corrected chi connectivity index (χ4v) is 4.11. The summed E-state index contributed by atoms with van der Waals surface area (Å²) in [5.74, 6) is 0. The topological polar surface area (TPSA) is 12.9 Å². The van der Waals surface area contributed by atoms with Crippen LogP contribution in [0.3, 0.4) is 0 Å². The lowest BCUT2D eigenvalue weighted by molar-refractivity contribution is 1.29. The quantitative estimate of drug-likeness (QED) is 0.372. The van der Waals surface area contributed by atoms with E-state index in [1.54, 1.807) is 11.8 Å². The fraction of sp³-hybridized carbons (Fsp3) is 0. The van der Waals surface area contributed by atoms with Crippen molar-refractivity contribution in [1.29, 1.82) is 0 Å². The monoisotopic (exact) mass is 287 g/mol. The summed E-state index contributed by atoms with van der Waals surface area (Å²) in [6.07, 6.45) is 0.0376. The van der Waals surface area contributed by atoms with E-state index in [2.05, 4.69) is 35.3 Å². The van der Waals surface area contributed by atoms with Gasteiger partial charge in [-0.3, -0.25) is 4.98 Å². The number of pyridine rings is 1. The van der Waals surface area contributed by atoms with Crippen molar-refractivity contribution in [3.05, 3.63) is 66.8 Å². The van der Waals surface area contributed by atoms with Gasteiger partial charge in [0.2, 0.25) is 0 Å². The van der Waals surface area contributed by atoms with Crippen molar-refractivity contribution in [3.63, 3.8) is 0 Å². The van der Waals surface area contributed by atoms with Gasteiger partial charge in [0.1, 0.15) is 0 Å². The van der Waals surface area contributed by atoms with Gasteiger partial charge in [0, 0.05) is 26.9 Å². The zero-order valence-electron chi connectivity index (χ0n) is 13.1. The minimum atomic E-state index is 0.0376. The zero-order valence-corrected chi connectivity index (χ0v) is 11.9. The van der Waals surface area contributed by atoms with E-state index in [1.807, 2.05) is 24.3 Å². The lowest BCUT2D eigenvalue weighted by Gasteiger charge is -2.19. The average molecular weight is 287 g/mol. The highest BCUT2D eigenvalue weighted by Gasteiger charge is 2.20. The van der Waals surface area contributed by atoms with Gasteiger partial charge in [-0.15, -0.1) is 0 Å². The van der Waals surface area contributed by atoms with Crippen molar-refractivity contribution in [3.8, 4) is 11.3 Å². The molecule has 0 bridgehead atoms. The lowest BCUT2D eigenvalue weighted by atomic mass is 10.00. The molecule has 0 saturated carbocycles. The summed E-state index contributed by atoms with van der Waals surface area (Å²) in [6, 6.07) is 18.8. The number of aromatic nitrogens is 1. The van der Waals surface area contributed by atoms with Gasteiger partial charge >= 0.3 is 0 Å². The number of fused-ring (bicyclic) bond motifs is 3. The molecule has 0 spiro atoms. The summed E-state index contributed by atoms with van der Waals surface area (Å²) in [7, 11) is 0. The molecule has 0 aliphatic carbocycles. The first-order valence-corrected chi connectivity index (χ1v) is 7.65. The van der Waals surface area contributed by atoms with E-state index < -0.39 is 0 Å². The molecule has 5 rings (SSSR count). The highest BCUT2D eigenvalue weighted by Crippen LogP contribution is 2.47. The van der Waals surface area contributed by atoms with Crippen LogP contribution in [0.2, 0.25) is 0 Å². The first-order valence-electron chi connectivity index (χ1n) is 7.83. The highest BCUT2D eigenvalue weighted by atomic mass is 32.2. The van der Waals surface area contributed by atoms with Crippen molar-refractivity contribution < 1.29 is 2.74 Å². The van der Waals surface area contributed by atoms with Crippen LogP contribution in [0.1, 0.15) is 2.74 Å². The van der Waals surface area contributed by atoms with Crippen LogP contribution in [0.25, 0.3) is 32.8 Å². The molecule has 0 unspecified atom stereocenters. The molecule has 2 heterocycles. The number of hydrogen-bond donors (Lipinski definition) is 0. The van der Waals surface area contributed by atoms with Crippen LogP contribution >= 0.6 is 11.8 Å². The van der Waals surface area contributed by atoms with Crippen LogP contribution in [0.15, 0.2) is 76.6 Å². The molecule has 0 fully saturated rings. The van der Waals surface area contributed by atoms with Crippen LogP contribution in [-0.4, -0.2) is 4.98 Å². The Morgan fingerprint density at radius 2 is 1.67 bits per heavy atom. The molecule has 2 heteroatoms. The molecule has 4 aromatic rings. The second-order valence-corrected chi connectivity index (χ2v) is 6.26. The van der Waals surface area contributed by atoms with Gasteiger partial charge in [0.15, 0.2) is 0 Å². The maximum atomic E-state index is 8.14. The first kappa shape index (κ1) is 9.59. The predicted molar refractivity (Wildman–Crippen MR) is 88.8 cm³/mol. The third-order valence-electron chi connectivity index (χ3n) is 3.94. The minimum Gasteiger partial charge on any atom is -0.256 e. The SMILES string of the molecule is [2H]c1nc2c3c(cccc3c1[2H])Sc1cc3ccccc3cc1-2. The van der Waals surface area contributed by atoms with Crippen LogP contribution in [-0.2, 0) is 0 Å². The molecule has 0 saturated heterocycles. The van der Waals surface area contributed by atoms with Crippen LogP contribution < -0.4 is 0 Å². The number of rotatable bonds is 0. The van der Waals surface area contributed by atoms with Gasteiger partial charge in [-0.1, -0.05) is 48.2 Å². The third-order valence-corrected chi connectivity index (χ3v) is 5.06. The summed E-state index contributed by atoms with van der Waals surface area (Å²) in [4.78, 5) is 6.72. The normalized spacial score (nSPS) is 13.9. The number of nitrogens with zero attached hydrogens (tertiary/aromatic N) is 1. The van der Waals surface area contributed by atoms with E-state index in [-0.39, 0.29) is 12.2 Å². The summed E-state index contributed by atoms with van der Waals surface area (Å²) < 4.78 is 16.2. The van der Waals surface area contributed by atoms with E-state index in [9.17, 15) is 0 Å². The molecule has 1 aliphatic rings. The Morgan fingerprint density at radius 1 is 0.857 bits per heavy atom. The van der Waals surface area contributed by atoms with E-state index in [4.69, 9.17) is 2.74 Å². The van der Waals surface area contributed by atoms with Crippen LogP contribution in [0.4, 0.5) is 0 Å². The first-order chi connectivity index (χ1) is 11.2. The Labute approximate surface area is 129 Å². The van der Waals surface area contributed by atoms with Gasteiger partial charge in [-0.25, -0.2) is 0 Å². The zero-order chi connectivity index (χ0) is 15.6. The highest BCUT2D eigenvalue weighted by molar-refractivity contribution is 7.99. The summed E-state index contributed by atoms with van der Waals surface area (Å²) in [5, 5.41) is 4.19. The fourth-order valence-electron chi connectivity index (χ4n) is 2.97. The van der Waals surface area contributed by atoms with E-state index >= 15 is 0 Å². The molecule has 1 nitrogen and oxygen atoms in total. The maximum absolute atomic E-state index is 8.14. The summed E-state index contributed by atoms with van der Waals surface area (Å²) in [5.41, 5.74) is 1.89. The molecule has 1 aliphatic heterocycles. The molecule has 0 N–H and O–H groups in total. The Balaban J connectivity index is 1.96. The standard InChI is InChI=1S/C19H11NS/c1-2-5-14-11-17-15(10-13(14)4-1)19-18-12(8-9-20-19)6-3-7-16(18)21-17/h1-11H/i8D,9D. The summed E-state index contributed by atoms with van der Waals surface area (Å²) in [6.45, 7) is 0. The number of benzene rings is 3. The Morgan fingerprint density at radius 3 is 2.57 bits per heavy atom. The van der Waals surface area contributed by atoms with Gasteiger partial charge in [-0.2, -0.15) is 0 Å². The Kier molecular flexibility index (Phi) is 1.87. The van der Waals surface area contributed by atoms with Gasteiger partial charge < -0.3 is 0 Å². The third kappa shape index (κ3) is 1.57.